The Morgan fingerprint density at radius 2 is 2.04 bits per heavy atom. The van der Waals surface area contributed by atoms with E-state index in [2.05, 4.69) is 34.1 Å². The Balaban J connectivity index is 1.32. The van der Waals surface area contributed by atoms with E-state index in [1.165, 1.54) is 22.4 Å². The van der Waals surface area contributed by atoms with Gasteiger partial charge in [0.25, 0.3) is 0 Å². The van der Waals surface area contributed by atoms with Crippen molar-refractivity contribution in [2.75, 3.05) is 20.1 Å². The highest BCUT2D eigenvalue weighted by Gasteiger charge is 2.32. The van der Waals surface area contributed by atoms with Crippen LogP contribution in [0.25, 0.3) is 0 Å². The molecule has 1 aliphatic heterocycles. The highest BCUT2D eigenvalue weighted by Crippen LogP contribution is 2.28. The van der Waals surface area contributed by atoms with Crippen LogP contribution in [0.5, 0.6) is 0 Å². The number of hydrogen-bond acceptors (Lipinski definition) is 4. The number of aromatic nitrogens is 1. The molecular weight excluding hydrogens is 354 g/mol. The van der Waals surface area contributed by atoms with E-state index >= 15 is 0 Å². The molecule has 2 aromatic rings. The summed E-state index contributed by atoms with van der Waals surface area (Å²) in [5, 5.41) is 0. The molecule has 0 spiro atoms. The van der Waals surface area contributed by atoms with Gasteiger partial charge in [0.1, 0.15) is 0 Å². The van der Waals surface area contributed by atoms with Crippen LogP contribution in [0.2, 0.25) is 0 Å². The largest absolute Gasteiger partial charge is 0.341 e. The topological polar surface area (TPSA) is 36.4 Å². The average molecular weight is 384 g/mol. The van der Waals surface area contributed by atoms with E-state index in [9.17, 15) is 4.79 Å². The minimum Gasteiger partial charge on any atom is -0.341 e. The fourth-order valence-electron chi connectivity index (χ4n) is 4.59. The zero-order chi connectivity index (χ0) is 18.8. The van der Waals surface area contributed by atoms with E-state index in [-0.39, 0.29) is 5.91 Å². The first-order valence-electron chi connectivity index (χ1n) is 10.1. The lowest BCUT2D eigenvalue weighted by atomic mass is 10.0. The van der Waals surface area contributed by atoms with Crippen molar-refractivity contribution >= 4 is 17.2 Å². The monoisotopic (exact) mass is 383 g/mol. The summed E-state index contributed by atoms with van der Waals surface area (Å²) in [6.45, 7) is 4.20. The Bertz CT molecular complexity index is 777. The second kappa shape index (κ2) is 8.11. The Morgan fingerprint density at radius 1 is 1.30 bits per heavy atom. The summed E-state index contributed by atoms with van der Waals surface area (Å²) >= 11 is 1.66. The van der Waals surface area contributed by atoms with Crippen LogP contribution < -0.4 is 0 Å². The molecule has 4 nitrogen and oxygen atoms in total. The molecule has 1 aliphatic carbocycles. The van der Waals surface area contributed by atoms with Crippen molar-refractivity contribution in [3.8, 4) is 0 Å². The molecule has 1 saturated heterocycles. The summed E-state index contributed by atoms with van der Waals surface area (Å²) in [5.74, 6) is 0.268. The highest BCUT2D eigenvalue weighted by atomic mass is 32.1. The van der Waals surface area contributed by atoms with Crippen molar-refractivity contribution in [1.29, 1.82) is 0 Å². The molecule has 0 N–H and O–H groups in total. The Morgan fingerprint density at radius 3 is 2.70 bits per heavy atom. The quantitative estimate of drug-likeness (QED) is 0.793. The molecule has 2 heterocycles. The summed E-state index contributed by atoms with van der Waals surface area (Å²) < 4.78 is 0. The number of carbonyl (C=O) groups excluding carboxylic acids is 1. The lowest BCUT2D eigenvalue weighted by Gasteiger charge is -2.40. The summed E-state index contributed by atoms with van der Waals surface area (Å²) in [4.78, 5) is 22.9. The molecule has 1 fully saturated rings. The van der Waals surface area contributed by atoms with E-state index in [0.717, 1.165) is 44.5 Å². The van der Waals surface area contributed by atoms with E-state index in [1.54, 1.807) is 11.3 Å². The lowest BCUT2D eigenvalue weighted by molar-refractivity contribution is -0.133. The first-order valence-corrected chi connectivity index (χ1v) is 10.9. The minimum atomic E-state index is 0.268. The summed E-state index contributed by atoms with van der Waals surface area (Å²) in [6, 6.07) is 9.79. The van der Waals surface area contributed by atoms with Gasteiger partial charge in [0.15, 0.2) is 0 Å². The molecule has 0 radical (unpaired) electrons. The van der Waals surface area contributed by atoms with E-state index in [0.29, 0.717) is 18.5 Å². The van der Waals surface area contributed by atoms with Crippen molar-refractivity contribution in [3.05, 3.63) is 51.5 Å². The number of carbonyl (C=O) groups is 1. The predicted octanol–water partition coefficient (Wildman–Crippen LogP) is 3.47. The Labute approximate surface area is 166 Å². The standard InChI is InChI=1S/C22H29N3OS/c1-16-21(27-15-23-16)9-10-22(26)24(2)19-8-5-11-25(14-19)20-12-17-6-3-4-7-18(17)13-20/h3-4,6-7,15,19-20H,5,8-14H2,1-2H3/t19-/m1/s1. The summed E-state index contributed by atoms with van der Waals surface area (Å²) in [7, 11) is 2.00. The molecule has 4 rings (SSSR count). The van der Waals surface area contributed by atoms with Gasteiger partial charge in [0.2, 0.25) is 5.91 Å². The van der Waals surface area contributed by atoms with Crippen molar-refractivity contribution in [2.24, 2.45) is 0 Å². The van der Waals surface area contributed by atoms with Crippen LogP contribution >= 0.6 is 11.3 Å². The van der Waals surface area contributed by atoms with Gasteiger partial charge in [-0.15, -0.1) is 11.3 Å². The van der Waals surface area contributed by atoms with Crippen molar-refractivity contribution in [1.82, 2.24) is 14.8 Å². The molecule has 144 valence electrons. The molecule has 5 heteroatoms. The summed E-state index contributed by atoms with van der Waals surface area (Å²) in [6.07, 6.45) is 6.02. The second-order valence-electron chi connectivity index (χ2n) is 7.99. The molecular formula is C22H29N3OS. The maximum absolute atomic E-state index is 12.7. The normalized spacial score (nSPS) is 20.6. The fourth-order valence-corrected chi connectivity index (χ4v) is 5.37. The number of rotatable bonds is 5. The van der Waals surface area contributed by atoms with Crippen molar-refractivity contribution in [3.63, 3.8) is 0 Å². The van der Waals surface area contributed by atoms with E-state index in [1.807, 2.05) is 24.4 Å². The number of thiazole rings is 1. The number of nitrogens with zero attached hydrogens (tertiary/aromatic N) is 3. The summed E-state index contributed by atoms with van der Waals surface area (Å²) in [5.41, 5.74) is 5.96. The van der Waals surface area contributed by atoms with Crippen LogP contribution in [-0.2, 0) is 24.1 Å². The van der Waals surface area contributed by atoms with Gasteiger partial charge < -0.3 is 4.90 Å². The van der Waals surface area contributed by atoms with Gasteiger partial charge in [0.05, 0.1) is 11.2 Å². The van der Waals surface area contributed by atoms with Crippen LogP contribution in [0.1, 0.15) is 41.0 Å². The highest BCUT2D eigenvalue weighted by molar-refractivity contribution is 7.09. The zero-order valence-electron chi connectivity index (χ0n) is 16.4. The van der Waals surface area contributed by atoms with Gasteiger partial charge in [-0.1, -0.05) is 24.3 Å². The van der Waals surface area contributed by atoms with Crippen molar-refractivity contribution < 1.29 is 4.79 Å². The molecule has 27 heavy (non-hydrogen) atoms. The van der Waals surface area contributed by atoms with Crippen LogP contribution in [0.15, 0.2) is 29.8 Å². The first-order chi connectivity index (χ1) is 13.1. The molecule has 0 bridgehead atoms. The Kier molecular flexibility index (Phi) is 5.60. The molecule has 1 atom stereocenters. The van der Waals surface area contributed by atoms with Gasteiger partial charge in [-0.05, 0) is 56.7 Å². The smallest absolute Gasteiger partial charge is 0.222 e. The molecule has 2 aliphatic rings. The SMILES string of the molecule is Cc1ncsc1CCC(=O)N(C)[C@@H]1CCCN(C2Cc3ccccc3C2)C1. The third-order valence-electron chi connectivity index (χ3n) is 6.33. The zero-order valence-corrected chi connectivity index (χ0v) is 17.2. The number of fused-ring (bicyclic) bond motifs is 1. The number of aryl methyl sites for hydroxylation is 2. The first kappa shape index (κ1) is 18.6. The molecule has 1 aromatic carbocycles. The van der Waals surface area contributed by atoms with Gasteiger partial charge in [-0.25, -0.2) is 4.98 Å². The second-order valence-corrected chi connectivity index (χ2v) is 8.93. The maximum atomic E-state index is 12.7. The number of hydrogen-bond donors (Lipinski definition) is 0. The van der Waals surface area contributed by atoms with Crippen LogP contribution in [0, 0.1) is 6.92 Å². The predicted molar refractivity (Wildman–Crippen MR) is 110 cm³/mol. The van der Waals surface area contributed by atoms with Crippen molar-refractivity contribution in [2.45, 2.75) is 57.5 Å². The number of piperidine rings is 1. The number of amides is 1. The lowest BCUT2D eigenvalue weighted by Crippen LogP contribution is -2.51. The van der Waals surface area contributed by atoms with Gasteiger partial charge in [-0.3, -0.25) is 9.69 Å². The number of likely N-dealkylation sites (N-methyl/N-ethyl adjacent to an activating group) is 1. The van der Waals surface area contributed by atoms with Crippen LogP contribution in [0.3, 0.4) is 0 Å². The average Bonchev–Trinajstić information content (AvgIpc) is 3.31. The Hall–Kier alpha value is -1.72. The molecule has 0 unspecified atom stereocenters. The molecule has 1 amide bonds. The number of benzene rings is 1. The van der Waals surface area contributed by atoms with Gasteiger partial charge in [0, 0.05) is 37.0 Å². The van der Waals surface area contributed by atoms with E-state index in [4.69, 9.17) is 0 Å². The number of likely N-dealkylation sites (tertiary alicyclic amines) is 1. The van der Waals surface area contributed by atoms with Gasteiger partial charge >= 0.3 is 0 Å². The minimum absolute atomic E-state index is 0.268. The third kappa shape index (κ3) is 4.09. The maximum Gasteiger partial charge on any atom is 0.222 e. The fraction of sp³-hybridized carbons (Fsp3) is 0.545. The van der Waals surface area contributed by atoms with Crippen LogP contribution in [0.4, 0.5) is 0 Å². The van der Waals surface area contributed by atoms with Gasteiger partial charge in [-0.2, -0.15) is 0 Å². The molecule has 1 aromatic heterocycles. The third-order valence-corrected chi connectivity index (χ3v) is 7.32. The molecule has 0 saturated carbocycles. The van der Waals surface area contributed by atoms with Crippen LogP contribution in [-0.4, -0.2) is 52.9 Å². The van der Waals surface area contributed by atoms with E-state index < -0.39 is 0 Å².